The first-order valence-corrected chi connectivity index (χ1v) is 10.6. The van der Waals surface area contributed by atoms with Gasteiger partial charge in [0.15, 0.2) is 5.65 Å². The topological polar surface area (TPSA) is 53.7 Å². The Morgan fingerprint density at radius 1 is 1.00 bits per heavy atom. The molecule has 3 heterocycles. The number of aryl methyl sites for hydroxylation is 2. The number of aliphatic hydroxyl groups is 1. The summed E-state index contributed by atoms with van der Waals surface area (Å²) in [6.45, 7) is 5.20. The van der Waals surface area contributed by atoms with Crippen molar-refractivity contribution < 1.29 is 5.11 Å². The van der Waals surface area contributed by atoms with Crippen LogP contribution in [0.3, 0.4) is 0 Å². The highest BCUT2D eigenvalue weighted by Gasteiger charge is 2.27. The number of hydrogen-bond donors (Lipinski definition) is 1. The first-order chi connectivity index (χ1) is 14.7. The van der Waals surface area contributed by atoms with Crippen LogP contribution in [0.25, 0.3) is 28.0 Å². The fraction of sp³-hybridized carbons (Fsp3) is 0.280. The molecule has 2 aromatic carbocycles. The minimum Gasteiger partial charge on any atom is -0.394 e. The van der Waals surface area contributed by atoms with E-state index in [0.717, 1.165) is 58.9 Å². The molecule has 152 valence electrons. The van der Waals surface area contributed by atoms with E-state index in [9.17, 15) is 5.11 Å². The van der Waals surface area contributed by atoms with Gasteiger partial charge in [-0.25, -0.2) is 9.50 Å². The maximum absolute atomic E-state index is 9.87. The normalized spacial score (nSPS) is 16.5. The van der Waals surface area contributed by atoms with Gasteiger partial charge < -0.3 is 10.0 Å². The van der Waals surface area contributed by atoms with Crippen LogP contribution in [0.2, 0.25) is 0 Å². The minimum absolute atomic E-state index is 0.121. The fourth-order valence-electron chi connectivity index (χ4n) is 4.46. The minimum atomic E-state index is 0.121. The van der Waals surface area contributed by atoms with E-state index in [1.807, 2.05) is 29.6 Å². The van der Waals surface area contributed by atoms with Gasteiger partial charge in [0.2, 0.25) is 0 Å². The zero-order valence-corrected chi connectivity index (χ0v) is 17.4. The Balaban J connectivity index is 1.78. The van der Waals surface area contributed by atoms with Crippen LogP contribution in [0.15, 0.2) is 60.7 Å². The van der Waals surface area contributed by atoms with Gasteiger partial charge in [-0.15, -0.1) is 0 Å². The van der Waals surface area contributed by atoms with E-state index in [1.165, 1.54) is 5.56 Å². The molecule has 1 atom stereocenters. The summed E-state index contributed by atoms with van der Waals surface area (Å²) in [7, 11) is 0. The Morgan fingerprint density at radius 2 is 1.77 bits per heavy atom. The molecule has 1 fully saturated rings. The van der Waals surface area contributed by atoms with Crippen LogP contribution in [-0.2, 0) is 0 Å². The summed E-state index contributed by atoms with van der Waals surface area (Å²) in [5, 5.41) is 14.8. The Labute approximate surface area is 176 Å². The van der Waals surface area contributed by atoms with Crippen LogP contribution in [0.1, 0.15) is 24.1 Å². The molecule has 0 spiro atoms. The number of fused-ring (bicyclic) bond motifs is 1. The van der Waals surface area contributed by atoms with Crippen LogP contribution in [0, 0.1) is 13.8 Å². The van der Waals surface area contributed by atoms with Crippen molar-refractivity contribution in [2.75, 3.05) is 18.1 Å². The lowest BCUT2D eigenvalue weighted by atomic mass is 10.0. The number of aromatic nitrogens is 3. The Kier molecular flexibility index (Phi) is 4.75. The van der Waals surface area contributed by atoms with Crippen LogP contribution >= 0.6 is 0 Å². The molecule has 0 bridgehead atoms. The fourth-order valence-corrected chi connectivity index (χ4v) is 4.46. The third-order valence-electron chi connectivity index (χ3n) is 6.04. The molecule has 4 aromatic rings. The molecular formula is C25H26N4O. The van der Waals surface area contributed by atoms with Crippen molar-refractivity contribution in [1.82, 2.24) is 14.6 Å². The Hall–Kier alpha value is -3.18. The van der Waals surface area contributed by atoms with E-state index < -0.39 is 0 Å². The monoisotopic (exact) mass is 398 g/mol. The van der Waals surface area contributed by atoms with Gasteiger partial charge in [0.05, 0.1) is 24.0 Å². The quantitative estimate of drug-likeness (QED) is 0.544. The third kappa shape index (κ3) is 3.15. The smallest absolute Gasteiger partial charge is 0.166 e. The predicted octanol–water partition coefficient (Wildman–Crippen LogP) is 4.64. The number of hydrogen-bond acceptors (Lipinski definition) is 4. The molecule has 1 N–H and O–H groups in total. The van der Waals surface area contributed by atoms with Crippen molar-refractivity contribution in [1.29, 1.82) is 0 Å². The van der Waals surface area contributed by atoms with Gasteiger partial charge in [-0.2, -0.15) is 5.10 Å². The van der Waals surface area contributed by atoms with E-state index in [-0.39, 0.29) is 12.6 Å². The summed E-state index contributed by atoms with van der Waals surface area (Å²) < 4.78 is 1.97. The molecular weight excluding hydrogens is 372 g/mol. The zero-order valence-electron chi connectivity index (χ0n) is 17.4. The molecule has 1 aliphatic heterocycles. The molecule has 0 amide bonds. The van der Waals surface area contributed by atoms with E-state index in [4.69, 9.17) is 10.1 Å². The summed E-state index contributed by atoms with van der Waals surface area (Å²) in [5.41, 5.74) is 7.35. The highest BCUT2D eigenvalue weighted by Crippen LogP contribution is 2.34. The van der Waals surface area contributed by atoms with Gasteiger partial charge in [-0.3, -0.25) is 0 Å². The first-order valence-electron chi connectivity index (χ1n) is 10.6. The number of benzene rings is 2. The average molecular weight is 399 g/mol. The van der Waals surface area contributed by atoms with Crippen molar-refractivity contribution in [3.8, 4) is 22.4 Å². The molecule has 0 saturated carbocycles. The van der Waals surface area contributed by atoms with Gasteiger partial charge in [-0.05, 0) is 32.3 Å². The number of rotatable bonds is 4. The summed E-state index contributed by atoms with van der Waals surface area (Å²) in [4.78, 5) is 7.32. The Morgan fingerprint density at radius 3 is 2.50 bits per heavy atom. The van der Waals surface area contributed by atoms with Gasteiger partial charge in [-0.1, -0.05) is 60.2 Å². The molecule has 1 aliphatic rings. The SMILES string of the molecule is Cc1ccc(-c2c(C)nn3c(-c4ccccc4)cc(N4CCCC4CO)nc23)cc1. The molecule has 0 radical (unpaired) electrons. The van der Waals surface area contributed by atoms with Gasteiger partial charge in [0, 0.05) is 23.7 Å². The van der Waals surface area contributed by atoms with Crippen molar-refractivity contribution in [2.24, 2.45) is 0 Å². The van der Waals surface area contributed by atoms with Crippen LogP contribution in [0.5, 0.6) is 0 Å². The lowest BCUT2D eigenvalue weighted by molar-refractivity contribution is 0.266. The third-order valence-corrected chi connectivity index (χ3v) is 6.04. The predicted molar refractivity (Wildman–Crippen MR) is 121 cm³/mol. The van der Waals surface area contributed by atoms with Crippen LogP contribution in [0.4, 0.5) is 5.82 Å². The molecule has 30 heavy (non-hydrogen) atoms. The summed E-state index contributed by atoms with van der Waals surface area (Å²) in [6.07, 6.45) is 2.06. The van der Waals surface area contributed by atoms with Crippen molar-refractivity contribution in [2.45, 2.75) is 32.7 Å². The van der Waals surface area contributed by atoms with E-state index >= 15 is 0 Å². The molecule has 5 rings (SSSR count). The van der Waals surface area contributed by atoms with Crippen molar-refractivity contribution in [3.05, 3.63) is 71.9 Å². The highest BCUT2D eigenvalue weighted by molar-refractivity contribution is 5.83. The number of anilines is 1. The maximum atomic E-state index is 9.87. The van der Waals surface area contributed by atoms with Gasteiger partial charge in [0.1, 0.15) is 5.82 Å². The van der Waals surface area contributed by atoms with Crippen LogP contribution in [-0.4, -0.2) is 38.9 Å². The molecule has 2 aromatic heterocycles. The molecule has 1 unspecified atom stereocenters. The highest BCUT2D eigenvalue weighted by atomic mass is 16.3. The van der Waals surface area contributed by atoms with E-state index in [2.05, 4.69) is 54.3 Å². The van der Waals surface area contributed by atoms with E-state index in [1.54, 1.807) is 0 Å². The zero-order chi connectivity index (χ0) is 20.7. The van der Waals surface area contributed by atoms with Crippen molar-refractivity contribution >= 4 is 11.5 Å². The summed E-state index contributed by atoms with van der Waals surface area (Å²) in [5.74, 6) is 0.908. The largest absolute Gasteiger partial charge is 0.394 e. The van der Waals surface area contributed by atoms with Crippen LogP contribution < -0.4 is 4.90 Å². The number of nitrogens with zero attached hydrogens (tertiary/aromatic N) is 4. The average Bonchev–Trinajstić information content (AvgIpc) is 3.38. The molecule has 1 saturated heterocycles. The second kappa shape index (κ2) is 7.58. The second-order valence-corrected chi connectivity index (χ2v) is 8.10. The van der Waals surface area contributed by atoms with Gasteiger partial charge in [0.25, 0.3) is 0 Å². The summed E-state index contributed by atoms with van der Waals surface area (Å²) >= 11 is 0. The lowest BCUT2D eigenvalue weighted by Gasteiger charge is -2.25. The molecule has 5 heteroatoms. The van der Waals surface area contributed by atoms with Crippen molar-refractivity contribution in [3.63, 3.8) is 0 Å². The first kappa shape index (κ1) is 18.8. The Bertz CT molecular complexity index is 1180. The molecule has 5 nitrogen and oxygen atoms in total. The lowest BCUT2D eigenvalue weighted by Crippen LogP contribution is -2.32. The maximum Gasteiger partial charge on any atom is 0.166 e. The second-order valence-electron chi connectivity index (χ2n) is 8.10. The molecule has 0 aliphatic carbocycles. The van der Waals surface area contributed by atoms with Gasteiger partial charge >= 0.3 is 0 Å². The summed E-state index contributed by atoms with van der Waals surface area (Å²) in [6, 6.07) is 21.1. The number of aliphatic hydroxyl groups excluding tert-OH is 1. The van der Waals surface area contributed by atoms with E-state index in [0.29, 0.717) is 0 Å². The standard InChI is InChI=1S/C25H26N4O/c1-17-10-12-20(13-11-17)24-18(2)27-29-22(19-7-4-3-5-8-19)15-23(26-25(24)29)28-14-6-9-21(28)16-30/h3-5,7-8,10-13,15,21,30H,6,9,14,16H2,1-2H3.